The zero-order valence-corrected chi connectivity index (χ0v) is 19.3. The SMILES string of the molecule is N#CC1=C(N)Oc2nc(Cc3nc4ccccc4n3C(=O)CCl)sc2C1c1ccc(Cl)cc1. The zero-order chi connectivity index (χ0) is 23.1. The van der Waals surface area contributed by atoms with E-state index in [9.17, 15) is 10.1 Å². The molecule has 4 aromatic rings. The van der Waals surface area contributed by atoms with Gasteiger partial charge in [-0.1, -0.05) is 35.9 Å². The number of thiazole rings is 1. The third-order valence-corrected chi connectivity index (χ3v) is 6.90. The van der Waals surface area contributed by atoms with E-state index in [2.05, 4.69) is 16.0 Å². The number of imidazole rings is 1. The minimum absolute atomic E-state index is 0.0198. The zero-order valence-electron chi connectivity index (χ0n) is 17.0. The van der Waals surface area contributed by atoms with Crippen molar-refractivity contribution in [3.8, 4) is 11.9 Å². The molecule has 3 heterocycles. The summed E-state index contributed by atoms with van der Waals surface area (Å²) in [6, 6.07) is 16.8. The van der Waals surface area contributed by atoms with Crippen molar-refractivity contribution in [1.29, 1.82) is 5.26 Å². The van der Waals surface area contributed by atoms with Gasteiger partial charge in [-0.15, -0.1) is 22.9 Å². The van der Waals surface area contributed by atoms with Crippen molar-refractivity contribution in [2.24, 2.45) is 5.73 Å². The maximum absolute atomic E-state index is 12.6. The number of nitrogens with zero attached hydrogens (tertiary/aromatic N) is 4. The van der Waals surface area contributed by atoms with Gasteiger partial charge in [0.15, 0.2) is 0 Å². The van der Waals surface area contributed by atoms with Crippen LogP contribution in [-0.2, 0) is 6.42 Å². The number of halogens is 2. The first-order valence-electron chi connectivity index (χ1n) is 9.88. The predicted octanol–water partition coefficient (Wildman–Crippen LogP) is 4.83. The van der Waals surface area contributed by atoms with Gasteiger partial charge in [0.2, 0.25) is 17.7 Å². The Bertz CT molecular complexity index is 1470. The Morgan fingerprint density at radius 2 is 1.97 bits per heavy atom. The van der Waals surface area contributed by atoms with Gasteiger partial charge >= 0.3 is 0 Å². The number of allylic oxidation sites excluding steroid dienone is 1. The number of carbonyl (C=O) groups excluding carboxylic acids is 1. The van der Waals surface area contributed by atoms with Crippen LogP contribution in [0, 0.1) is 11.3 Å². The van der Waals surface area contributed by atoms with Crippen molar-refractivity contribution in [3.05, 3.63) is 86.3 Å². The van der Waals surface area contributed by atoms with Crippen LogP contribution in [0.15, 0.2) is 60.0 Å². The molecule has 2 aromatic heterocycles. The van der Waals surface area contributed by atoms with Gasteiger partial charge in [0.1, 0.15) is 28.4 Å². The van der Waals surface area contributed by atoms with Crippen molar-refractivity contribution >= 4 is 51.5 Å². The molecule has 2 aromatic carbocycles. The second-order valence-corrected chi connectivity index (χ2v) is 9.13. The number of fused-ring (bicyclic) bond motifs is 2. The number of hydrogen-bond acceptors (Lipinski definition) is 7. The molecule has 1 aliphatic heterocycles. The number of carbonyl (C=O) groups is 1. The molecule has 0 fully saturated rings. The number of ether oxygens (including phenoxy) is 1. The Morgan fingerprint density at radius 1 is 1.21 bits per heavy atom. The summed E-state index contributed by atoms with van der Waals surface area (Å²) in [6.07, 6.45) is 0.285. The van der Waals surface area contributed by atoms with Gasteiger partial charge in [-0.3, -0.25) is 9.36 Å². The van der Waals surface area contributed by atoms with Crippen LogP contribution < -0.4 is 10.5 Å². The topological polar surface area (TPSA) is 107 Å². The highest BCUT2D eigenvalue weighted by Gasteiger charge is 2.34. The van der Waals surface area contributed by atoms with Crippen LogP contribution in [0.4, 0.5) is 0 Å². The maximum atomic E-state index is 12.6. The summed E-state index contributed by atoms with van der Waals surface area (Å²) in [5.41, 5.74) is 8.60. The molecule has 33 heavy (non-hydrogen) atoms. The van der Waals surface area contributed by atoms with E-state index in [1.165, 1.54) is 15.9 Å². The summed E-state index contributed by atoms with van der Waals surface area (Å²) in [7, 11) is 0. The van der Waals surface area contributed by atoms with Crippen LogP contribution in [0.3, 0.4) is 0 Å². The molecule has 1 atom stereocenters. The van der Waals surface area contributed by atoms with E-state index in [1.807, 2.05) is 36.4 Å². The van der Waals surface area contributed by atoms with Crippen LogP contribution in [-0.4, -0.2) is 26.3 Å². The van der Waals surface area contributed by atoms with E-state index < -0.39 is 5.92 Å². The van der Waals surface area contributed by atoms with E-state index in [-0.39, 0.29) is 24.1 Å². The van der Waals surface area contributed by atoms with Gasteiger partial charge in [0.05, 0.1) is 28.2 Å². The lowest BCUT2D eigenvalue weighted by molar-refractivity contribution is 0.0942. The Morgan fingerprint density at radius 3 is 2.70 bits per heavy atom. The molecule has 1 unspecified atom stereocenters. The van der Waals surface area contributed by atoms with E-state index in [1.54, 1.807) is 12.1 Å². The molecular formula is C23H15Cl2N5O2S. The van der Waals surface area contributed by atoms with Crippen molar-refractivity contribution in [2.75, 3.05) is 5.88 Å². The molecule has 5 rings (SSSR count). The first-order chi connectivity index (χ1) is 16.0. The van der Waals surface area contributed by atoms with E-state index in [4.69, 9.17) is 33.7 Å². The molecule has 0 spiro atoms. The van der Waals surface area contributed by atoms with Crippen LogP contribution in [0.1, 0.15) is 32.0 Å². The summed E-state index contributed by atoms with van der Waals surface area (Å²) < 4.78 is 7.20. The lowest BCUT2D eigenvalue weighted by Crippen LogP contribution is -2.20. The smallest absolute Gasteiger partial charge is 0.247 e. The number of aromatic nitrogens is 3. The van der Waals surface area contributed by atoms with E-state index >= 15 is 0 Å². The first-order valence-corrected chi connectivity index (χ1v) is 11.6. The second-order valence-electron chi connectivity index (χ2n) is 7.31. The van der Waals surface area contributed by atoms with Crippen LogP contribution >= 0.6 is 34.5 Å². The summed E-state index contributed by atoms with van der Waals surface area (Å²) in [5.74, 6) is 0.0249. The van der Waals surface area contributed by atoms with Gasteiger partial charge in [0, 0.05) is 5.02 Å². The molecule has 164 valence electrons. The minimum atomic E-state index is -0.425. The van der Waals surface area contributed by atoms with Gasteiger partial charge < -0.3 is 10.5 Å². The summed E-state index contributed by atoms with van der Waals surface area (Å²) >= 11 is 13.3. The molecule has 0 saturated heterocycles. The highest BCUT2D eigenvalue weighted by atomic mass is 35.5. The monoisotopic (exact) mass is 495 g/mol. The molecule has 2 N–H and O–H groups in total. The lowest BCUT2D eigenvalue weighted by Gasteiger charge is -2.22. The normalized spacial score (nSPS) is 15.2. The van der Waals surface area contributed by atoms with E-state index in [0.29, 0.717) is 38.3 Å². The number of hydrogen-bond donors (Lipinski definition) is 1. The number of rotatable bonds is 4. The van der Waals surface area contributed by atoms with Crippen LogP contribution in [0.2, 0.25) is 5.02 Å². The fraction of sp³-hybridized carbons (Fsp3) is 0.130. The van der Waals surface area contributed by atoms with Gasteiger partial charge in [-0.25, -0.2) is 9.97 Å². The van der Waals surface area contributed by atoms with Crippen molar-refractivity contribution in [1.82, 2.24) is 14.5 Å². The Balaban J connectivity index is 1.58. The molecule has 0 saturated carbocycles. The number of alkyl halides is 1. The van der Waals surface area contributed by atoms with Gasteiger partial charge in [-0.05, 0) is 29.8 Å². The van der Waals surface area contributed by atoms with Crippen molar-refractivity contribution < 1.29 is 9.53 Å². The average molecular weight is 496 g/mol. The number of para-hydroxylation sites is 2. The molecule has 0 aliphatic carbocycles. The van der Waals surface area contributed by atoms with Crippen molar-refractivity contribution in [3.63, 3.8) is 0 Å². The average Bonchev–Trinajstić information content (AvgIpc) is 3.38. The third-order valence-electron chi connectivity index (χ3n) is 5.31. The third kappa shape index (κ3) is 3.74. The number of benzene rings is 2. The minimum Gasteiger partial charge on any atom is -0.421 e. The Kier molecular flexibility index (Phi) is 5.54. The molecule has 0 amide bonds. The lowest BCUT2D eigenvalue weighted by atomic mass is 9.89. The second kappa shape index (κ2) is 8.52. The largest absolute Gasteiger partial charge is 0.421 e. The highest BCUT2D eigenvalue weighted by Crippen LogP contribution is 2.45. The summed E-state index contributed by atoms with van der Waals surface area (Å²) in [5, 5.41) is 11.0. The fourth-order valence-electron chi connectivity index (χ4n) is 3.89. The molecule has 10 heteroatoms. The van der Waals surface area contributed by atoms with Crippen LogP contribution in [0.5, 0.6) is 5.88 Å². The maximum Gasteiger partial charge on any atom is 0.247 e. The molecule has 0 radical (unpaired) electrons. The van der Waals surface area contributed by atoms with E-state index in [0.717, 1.165) is 10.4 Å². The predicted molar refractivity (Wildman–Crippen MR) is 127 cm³/mol. The first kappa shape index (κ1) is 21.5. The molecule has 0 bridgehead atoms. The number of nitriles is 1. The summed E-state index contributed by atoms with van der Waals surface area (Å²) in [4.78, 5) is 22.5. The molecule has 7 nitrogen and oxygen atoms in total. The van der Waals surface area contributed by atoms with Gasteiger partial charge in [0.25, 0.3) is 0 Å². The number of nitrogens with two attached hydrogens (primary N) is 1. The summed E-state index contributed by atoms with van der Waals surface area (Å²) in [6.45, 7) is 0. The Labute approximate surface area is 202 Å². The van der Waals surface area contributed by atoms with Crippen LogP contribution in [0.25, 0.3) is 11.0 Å². The Hall–Kier alpha value is -3.38. The van der Waals surface area contributed by atoms with Gasteiger partial charge in [-0.2, -0.15) is 5.26 Å². The standard InChI is InChI=1S/C23H15Cl2N5O2S/c24-10-19(31)30-16-4-2-1-3-15(16)28-17(30)9-18-29-23-21(33-18)20(14(11-26)22(27)32-23)12-5-7-13(25)8-6-12/h1-8,20H,9-10,27H2. The molecule has 1 aliphatic rings. The fourth-order valence-corrected chi connectivity index (χ4v) is 5.26. The van der Waals surface area contributed by atoms with Crippen molar-refractivity contribution in [2.45, 2.75) is 12.3 Å². The molecular weight excluding hydrogens is 481 g/mol. The quantitative estimate of drug-likeness (QED) is 0.406. The highest BCUT2D eigenvalue weighted by molar-refractivity contribution is 7.12.